The number of aromatic nitrogens is 2. The summed E-state index contributed by atoms with van der Waals surface area (Å²) in [6.45, 7) is 3.93. The Bertz CT molecular complexity index is 533. The van der Waals surface area contributed by atoms with Gasteiger partial charge in [-0.2, -0.15) is 5.10 Å². The zero-order valence-corrected chi connectivity index (χ0v) is 12.6. The van der Waals surface area contributed by atoms with Gasteiger partial charge in [-0.05, 0) is 13.8 Å². The number of carbonyl (C=O) groups excluding carboxylic acids is 1. The van der Waals surface area contributed by atoms with Gasteiger partial charge in [0.25, 0.3) is 0 Å². The molecule has 1 rings (SSSR count). The van der Waals surface area contributed by atoms with E-state index in [1.54, 1.807) is 13.8 Å². The summed E-state index contributed by atoms with van der Waals surface area (Å²) in [7, 11) is -2.10. The maximum absolute atomic E-state index is 12.0. The minimum absolute atomic E-state index is 0.116. The minimum Gasteiger partial charge on any atom is -0.384 e. The lowest BCUT2D eigenvalue weighted by Crippen LogP contribution is -2.35. The van der Waals surface area contributed by atoms with Crippen molar-refractivity contribution < 1.29 is 17.9 Å². The lowest BCUT2D eigenvalue weighted by molar-refractivity contribution is -0.121. The van der Waals surface area contributed by atoms with Crippen LogP contribution in [0.3, 0.4) is 0 Å². The summed E-state index contributed by atoms with van der Waals surface area (Å²) in [5.74, 6) is -0.179. The maximum Gasteiger partial charge on any atom is 0.244 e. The smallest absolute Gasteiger partial charge is 0.244 e. The molecule has 0 spiro atoms. The molecule has 8 nitrogen and oxygen atoms in total. The molecule has 0 saturated carbocycles. The molecule has 0 aromatic carbocycles. The summed E-state index contributed by atoms with van der Waals surface area (Å²) < 4.78 is 31.3. The summed E-state index contributed by atoms with van der Waals surface area (Å²) in [5, 5.41) is 9.06. The maximum atomic E-state index is 12.0. The molecule has 0 saturated heterocycles. The van der Waals surface area contributed by atoms with E-state index in [1.165, 1.54) is 7.11 Å². The fourth-order valence-corrected chi connectivity index (χ4v) is 3.08. The SMILES string of the molecule is COCCC(=O)NCCNS(=O)(=O)c1c(C)n[nH]c1C. The quantitative estimate of drug-likeness (QED) is 0.558. The van der Waals surface area contributed by atoms with Gasteiger partial charge >= 0.3 is 0 Å². The topological polar surface area (TPSA) is 113 Å². The summed E-state index contributed by atoms with van der Waals surface area (Å²) in [6, 6.07) is 0. The Labute approximate surface area is 118 Å². The number of sulfonamides is 1. The van der Waals surface area contributed by atoms with Crippen molar-refractivity contribution in [1.29, 1.82) is 0 Å². The average Bonchev–Trinajstić information content (AvgIpc) is 2.72. The van der Waals surface area contributed by atoms with Gasteiger partial charge in [0.15, 0.2) is 0 Å². The Morgan fingerprint density at radius 3 is 2.60 bits per heavy atom. The number of aryl methyl sites for hydroxylation is 2. The highest BCUT2D eigenvalue weighted by molar-refractivity contribution is 7.89. The molecule has 1 aromatic rings. The molecule has 0 atom stereocenters. The number of ether oxygens (including phenoxy) is 1. The summed E-state index contributed by atoms with van der Waals surface area (Å²) >= 11 is 0. The molecule has 1 aromatic heterocycles. The Hall–Kier alpha value is -1.45. The zero-order chi connectivity index (χ0) is 15.2. The molecular weight excluding hydrogens is 284 g/mol. The van der Waals surface area contributed by atoms with Crippen LogP contribution in [0.4, 0.5) is 0 Å². The first-order valence-electron chi connectivity index (χ1n) is 6.15. The lowest BCUT2D eigenvalue weighted by atomic mass is 10.4. The van der Waals surface area contributed by atoms with Crippen LogP contribution in [0.5, 0.6) is 0 Å². The van der Waals surface area contributed by atoms with Crippen LogP contribution in [0.15, 0.2) is 4.90 Å². The van der Waals surface area contributed by atoms with Crippen molar-refractivity contribution >= 4 is 15.9 Å². The van der Waals surface area contributed by atoms with Crippen molar-refractivity contribution in [2.75, 3.05) is 26.8 Å². The number of hydrogen-bond donors (Lipinski definition) is 3. The van der Waals surface area contributed by atoms with Crippen molar-refractivity contribution in [3.63, 3.8) is 0 Å². The molecule has 3 N–H and O–H groups in total. The van der Waals surface area contributed by atoms with E-state index in [4.69, 9.17) is 4.74 Å². The van der Waals surface area contributed by atoms with Gasteiger partial charge in [-0.1, -0.05) is 0 Å². The molecule has 1 amide bonds. The fourth-order valence-electron chi connectivity index (χ4n) is 1.68. The van der Waals surface area contributed by atoms with Gasteiger partial charge in [0.2, 0.25) is 15.9 Å². The normalized spacial score (nSPS) is 11.6. The number of amides is 1. The van der Waals surface area contributed by atoms with Crippen LogP contribution in [0.2, 0.25) is 0 Å². The number of methoxy groups -OCH3 is 1. The van der Waals surface area contributed by atoms with E-state index < -0.39 is 10.0 Å². The second-order valence-electron chi connectivity index (χ2n) is 4.25. The minimum atomic E-state index is -3.61. The molecule has 1 heterocycles. The van der Waals surface area contributed by atoms with Crippen LogP contribution in [0, 0.1) is 13.8 Å². The lowest BCUT2D eigenvalue weighted by Gasteiger charge is -2.08. The molecule has 0 bridgehead atoms. The van der Waals surface area contributed by atoms with E-state index in [-0.39, 0.29) is 30.3 Å². The third-order valence-electron chi connectivity index (χ3n) is 2.60. The zero-order valence-electron chi connectivity index (χ0n) is 11.8. The van der Waals surface area contributed by atoms with Crippen LogP contribution in [0.25, 0.3) is 0 Å². The third kappa shape index (κ3) is 4.58. The molecule has 0 aliphatic heterocycles. The van der Waals surface area contributed by atoms with Crippen molar-refractivity contribution in [2.24, 2.45) is 0 Å². The number of carbonyl (C=O) groups is 1. The third-order valence-corrected chi connectivity index (χ3v) is 4.32. The highest BCUT2D eigenvalue weighted by Gasteiger charge is 2.21. The Morgan fingerprint density at radius 1 is 1.35 bits per heavy atom. The van der Waals surface area contributed by atoms with E-state index in [2.05, 4.69) is 20.2 Å². The van der Waals surface area contributed by atoms with Gasteiger partial charge in [0, 0.05) is 26.6 Å². The second kappa shape index (κ2) is 7.36. The van der Waals surface area contributed by atoms with Gasteiger partial charge in [-0.25, -0.2) is 13.1 Å². The number of rotatable bonds is 8. The summed E-state index contributed by atoms with van der Waals surface area (Å²) in [4.78, 5) is 11.4. The van der Waals surface area contributed by atoms with Crippen molar-refractivity contribution in [3.8, 4) is 0 Å². The van der Waals surface area contributed by atoms with Gasteiger partial charge in [0.05, 0.1) is 18.0 Å². The largest absolute Gasteiger partial charge is 0.384 e. The Balaban J connectivity index is 2.44. The summed E-state index contributed by atoms with van der Waals surface area (Å²) in [5.41, 5.74) is 0.901. The number of nitrogens with one attached hydrogen (secondary N) is 3. The predicted molar refractivity (Wildman–Crippen MR) is 72.8 cm³/mol. The molecule has 0 unspecified atom stereocenters. The highest BCUT2D eigenvalue weighted by Crippen LogP contribution is 2.15. The van der Waals surface area contributed by atoms with E-state index in [9.17, 15) is 13.2 Å². The van der Waals surface area contributed by atoms with Gasteiger partial charge in [0.1, 0.15) is 4.90 Å². The Morgan fingerprint density at radius 2 is 2.05 bits per heavy atom. The predicted octanol–water partition coefficient (Wildman–Crippen LogP) is -0.542. The number of hydrogen-bond acceptors (Lipinski definition) is 5. The highest BCUT2D eigenvalue weighted by atomic mass is 32.2. The van der Waals surface area contributed by atoms with E-state index in [1.807, 2.05) is 0 Å². The second-order valence-corrected chi connectivity index (χ2v) is 5.96. The molecule has 0 radical (unpaired) electrons. The molecule has 0 fully saturated rings. The van der Waals surface area contributed by atoms with Gasteiger partial charge < -0.3 is 10.1 Å². The number of nitrogens with zero attached hydrogens (tertiary/aromatic N) is 1. The molecule has 9 heteroatoms. The van der Waals surface area contributed by atoms with Crippen LogP contribution >= 0.6 is 0 Å². The first-order chi connectivity index (χ1) is 9.38. The van der Waals surface area contributed by atoms with E-state index in [0.717, 1.165) is 0 Å². The number of aromatic amines is 1. The van der Waals surface area contributed by atoms with Crippen molar-refractivity contribution in [1.82, 2.24) is 20.2 Å². The van der Waals surface area contributed by atoms with Crippen LogP contribution in [-0.2, 0) is 19.6 Å². The average molecular weight is 304 g/mol. The summed E-state index contributed by atoms with van der Waals surface area (Å²) in [6.07, 6.45) is 0.253. The monoisotopic (exact) mass is 304 g/mol. The van der Waals surface area contributed by atoms with Crippen molar-refractivity contribution in [2.45, 2.75) is 25.2 Å². The molecule has 0 aliphatic rings. The molecular formula is C11H20N4O4S. The van der Waals surface area contributed by atoms with E-state index >= 15 is 0 Å². The van der Waals surface area contributed by atoms with E-state index in [0.29, 0.717) is 18.0 Å². The van der Waals surface area contributed by atoms with Crippen LogP contribution in [-0.4, -0.2) is 51.3 Å². The van der Waals surface area contributed by atoms with Gasteiger partial charge in [-0.15, -0.1) is 0 Å². The van der Waals surface area contributed by atoms with Gasteiger partial charge in [-0.3, -0.25) is 9.89 Å². The Kier molecular flexibility index (Phi) is 6.11. The molecule has 114 valence electrons. The van der Waals surface area contributed by atoms with Crippen LogP contribution < -0.4 is 10.0 Å². The molecule has 0 aliphatic carbocycles. The van der Waals surface area contributed by atoms with Crippen LogP contribution in [0.1, 0.15) is 17.8 Å². The standard InChI is InChI=1S/C11H20N4O4S/c1-8-11(9(2)15-14-8)20(17,18)13-6-5-12-10(16)4-7-19-3/h13H,4-7H2,1-3H3,(H,12,16)(H,14,15). The van der Waals surface area contributed by atoms with Crippen molar-refractivity contribution in [3.05, 3.63) is 11.4 Å². The number of H-pyrrole nitrogens is 1. The molecule has 20 heavy (non-hydrogen) atoms. The first-order valence-corrected chi connectivity index (χ1v) is 7.63. The fraction of sp³-hybridized carbons (Fsp3) is 0.636. The first kappa shape index (κ1) is 16.6.